The highest BCUT2D eigenvalue weighted by Crippen LogP contribution is 2.23. The molecule has 0 spiro atoms. The number of aromatic nitrogens is 2. The van der Waals surface area contributed by atoms with Crippen molar-refractivity contribution in [1.82, 2.24) is 15.3 Å². The maximum absolute atomic E-state index is 5.88. The van der Waals surface area contributed by atoms with Crippen LogP contribution in [0.25, 0.3) is 10.9 Å². The molecule has 5 nitrogen and oxygen atoms in total. The van der Waals surface area contributed by atoms with Gasteiger partial charge in [0, 0.05) is 5.39 Å². The highest BCUT2D eigenvalue weighted by Gasteiger charge is 2.05. The quantitative estimate of drug-likeness (QED) is 0.802. The van der Waals surface area contributed by atoms with E-state index in [0.717, 1.165) is 16.7 Å². The molecule has 5 heteroatoms. The molecule has 1 aromatic carbocycles. The zero-order valence-electron chi connectivity index (χ0n) is 9.32. The van der Waals surface area contributed by atoms with Crippen molar-refractivity contribution in [2.24, 2.45) is 0 Å². The SMILES string of the molecule is CNCc1nc(N)c2cc(OC)ccc2n1. The molecule has 1 aromatic heterocycles. The van der Waals surface area contributed by atoms with Gasteiger partial charge in [0.25, 0.3) is 0 Å². The van der Waals surface area contributed by atoms with Crippen molar-refractivity contribution in [2.75, 3.05) is 19.9 Å². The third kappa shape index (κ3) is 1.90. The maximum atomic E-state index is 5.88. The van der Waals surface area contributed by atoms with Gasteiger partial charge >= 0.3 is 0 Å². The highest BCUT2D eigenvalue weighted by molar-refractivity contribution is 5.89. The molecule has 0 radical (unpaired) electrons. The summed E-state index contributed by atoms with van der Waals surface area (Å²) in [7, 11) is 3.46. The van der Waals surface area contributed by atoms with Crippen LogP contribution in [0.4, 0.5) is 5.82 Å². The molecule has 0 aliphatic heterocycles. The molecule has 0 aliphatic carbocycles. The molecule has 0 bridgehead atoms. The van der Waals surface area contributed by atoms with Crippen molar-refractivity contribution < 1.29 is 4.74 Å². The summed E-state index contributed by atoms with van der Waals surface area (Å²) >= 11 is 0. The summed E-state index contributed by atoms with van der Waals surface area (Å²) in [6.07, 6.45) is 0. The molecule has 3 N–H and O–H groups in total. The van der Waals surface area contributed by atoms with Gasteiger partial charge in [-0.05, 0) is 25.2 Å². The topological polar surface area (TPSA) is 73.1 Å². The van der Waals surface area contributed by atoms with Gasteiger partial charge in [0.1, 0.15) is 17.4 Å². The Balaban J connectivity index is 2.57. The Bertz CT molecular complexity index is 513. The lowest BCUT2D eigenvalue weighted by molar-refractivity contribution is 0.415. The Kier molecular flexibility index (Phi) is 2.87. The van der Waals surface area contributed by atoms with Crippen molar-refractivity contribution in [3.63, 3.8) is 0 Å². The number of hydrogen-bond acceptors (Lipinski definition) is 5. The van der Waals surface area contributed by atoms with E-state index in [9.17, 15) is 0 Å². The zero-order chi connectivity index (χ0) is 11.5. The Morgan fingerprint density at radius 1 is 1.38 bits per heavy atom. The highest BCUT2D eigenvalue weighted by atomic mass is 16.5. The minimum atomic E-state index is 0.481. The summed E-state index contributed by atoms with van der Waals surface area (Å²) in [6, 6.07) is 5.58. The van der Waals surface area contributed by atoms with Crippen LogP contribution in [0.1, 0.15) is 5.82 Å². The van der Waals surface area contributed by atoms with E-state index in [-0.39, 0.29) is 0 Å². The van der Waals surface area contributed by atoms with Gasteiger partial charge in [0.15, 0.2) is 0 Å². The molecule has 2 rings (SSSR count). The third-order valence-corrected chi connectivity index (χ3v) is 2.31. The first-order valence-electron chi connectivity index (χ1n) is 4.99. The van der Waals surface area contributed by atoms with Gasteiger partial charge in [0.05, 0.1) is 19.2 Å². The molecule has 0 atom stereocenters. The lowest BCUT2D eigenvalue weighted by Gasteiger charge is -2.06. The predicted molar refractivity (Wildman–Crippen MR) is 63.3 cm³/mol. The van der Waals surface area contributed by atoms with Gasteiger partial charge in [-0.2, -0.15) is 0 Å². The van der Waals surface area contributed by atoms with Crippen LogP contribution < -0.4 is 15.8 Å². The zero-order valence-corrected chi connectivity index (χ0v) is 9.32. The summed E-state index contributed by atoms with van der Waals surface area (Å²) in [5.74, 6) is 1.93. The number of nitrogen functional groups attached to an aromatic ring is 1. The van der Waals surface area contributed by atoms with Crippen molar-refractivity contribution >= 4 is 16.7 Å². The second kappa shape index (κ2) is 4.32. The fourth-order valence-corrected chi connectivity index (χ4v) is 1.55. The van der Waals surface area contributed by atoms with Gasteiger partial charge in [-0.25, -0.2) is 9.97 Å². The summed E-state index contributed by atoms with van der Waals surface area (Å²) in [4.78, 5) is 8.61. The summed E-state index contributed by atoms with van der Waals surface area (Å²) in [5.41, 5.74) is 6.71. The van der Waals surface area contributed by atoms with E-state index in [0.29, 0.717) is 18.2 Å². The molecule has 1 heterocycles. The van der Waals surface area contributed by atoms with E-state index < -0.39 is 0 Å². The first-order chi connectivity index (χ1) is 7.74. The van der Waals surface area contributed by atoms with Crippen molar-refractivity contribution in [3.05, 3.63) is 24.0 Å². The molecule has 0 aliphatic rings. The Morgan fingerprint density at radius 2 is 2.19 bits per heavy atom. The van der Waals surface area contributed by atoms with Gasteiger partial charge in [0.2, 0.25) is 0 Å². The van der Waals surface area contributed by atoms with Gasteiger partial charge in [-0.15, -0.1) is 0 Å². The number of benzene rings is 1. The number of ether oxygens (including phenoxy) is 1. The fourth-order valence-electron chi connectivity index (χ4n) is 1.55. The minimum absolute atomic E-state index is 0.481. The number of nitrogens with zero attached hydrogens (tertiary/aromatic N) is 2. The van der Waals surface area contributed by atoms with E-state index in [1.54, 1.807) is 7.11 Å². The third-order valence-electron chi connectivity index (χ3n) is 2.31. The Morgan fingerprint density at radius 3 is 2.88 bits per heavy atom. The first-order valence-corrected chi connectivity index (χ1v) is 4.99. The number of hydrogen-bond donors (Lipinski definition) is 2. The number of fused-ring (bicyclic) bond motifs is 1. The predicted octanol–water partition coefficient (Wildman–Crippen LogP) is 0.940. The van der Waals surface area contributed by atoms with Gasteiger partial charge in [-0.1, -0.05) is 0 Å². The van der Waals surface area contributed by atoms with Crippen LogP contribution in [0.5, 0.6) is 5.75 Å². The van der Waals surface area contributed by atoms with E-state index in [1.165, 1.54) is 0 Å². The van der Waals surface area contributed by atoms with Crippen LogP contribution in [-0.2, 0) is 6.54 Å². The molecule has 0 amide bonds. The minimum Gasteiger partial charge on any atom is -0.497 e. The number of rotatable bonds is 3. The summed E-state index contributed by atoms with van der Waals surface area (Å²) in [6.45, 7) is 0.603. The fraction of sp³-hybridized carbons (Fsp3) is 0.273. The lowest BCUT2D eigenvalue weighted by Crippen LogP contribution is -2.10. The van der Waals surface area contributed by atoms with Gasteiger partial charge in [-0.3, -0.25) is 0 Å². The van der Waals surface area contributed by atoms with Crippen LogP contribution in [0.15, 0.2) is 18.2 Å². The van der Waals surface area contributed by atoms with E-state index in [2.05, 4.69) is 15.3 Å². The van der Waals surface area contributed by atoms with E-state index in [4.69, 9.17) is 10.5 Å². The van der Waals surface area contributed by atoms with Crippen molar-refractivity contribution in [2.45, 2.75) is 6.54 Å². The van der Waals surface area contributed by atoms with Crippen molar-refractivity contribution in [1.29, 1.82) is 0 Å². The molecular weight excluding hydrogens is 204 g/mol. The largest absolute Gasteiger partial charge is 0.497 e. The van der Waals surface area contributed by atoms with Crippen LogP contribution >= 0.6 is 0 Å². The van der Waals surface area contributed by atoms with E-state index in [1.807, 2.05) is 25.2 Å². The maximum Gasteiger partial charge on any atom is 0.145 e. The molecule has 84 valence electrons. The molecule has 16 heavy (non-hydrogen) atoms. The molecule has 2 aromatic rings. The standard InChI is InChI=1S/C11H14N4O/c1-13-6-10-14-9-4-3-7(16-2)5-8(9)11(12)15-10/h3-5,13H,6H2,1-2H3,(H2,12,14,15). The van der Waals surface area contributed by atoms with Crippen LogP contribution in [-0.4, -0.2) is 24.1 Å². The monoisotopic (exact) mass is 218 g/mol. The molecule has 0 fully saturated rings. The summed E-state index contributed by atoms with van der Waals surface area (Å²) < 4.78 is 5.13. The Labute approximate surface area is 93.7 Å². The summed E-state index contributed by atoms with van der Waals surface area (Å²) in [5, 5.41) is 3.81. The second-order valence-electron chi connectivity index (χ2n) is 3.44. The smallest absolute Gasteiger partial charge is 0.145 e. The molecule has 0 saturated carbocycles. The average molecular weight is 218 g/mol. The normalized spacial score (nSPS) is 10.6. The van der Waals surface area contributed by atoms with Crippen LogP contribution in [0.2, 0.25) is 0 Å². The number of anilines is 1. The van der Waals surface area contributed by atoms with Crippen LogP contribution in [0, 0.1) is 0 Å². The van der Waals surface area contributed by atoms with Gasteiger partial charge < -0.3 is 15.8 Å². The first kappa shape index (κ1) is 10.6. The second-order valence-corrected chi connectivity index (χ2v) is 3.44. The average Bonchev–Trinajstić information content (AvgIpc) is 2.29. The molecule has 0 unspecified atom stereocenters. The van der Waals surface area contributed by atoms with Crippen LogP contribution in [0.3, 0.4) is 0 Å². The number of nitrogens with one attached hydrogen (secondary N) is 1. The lowest BCUT2D eigenvalue weighted by atomic mass is 10.2. The van der Waals surface area contributed by atoms with Crippen molar-refractivity contribution in [3.8, 4) is 5.75 Å². The number of nitrogens with two attached hydrogens (primary N) is 1. The van der Waals surface area contributed by atoms with E-state index >= 15 is 0 Å². The Hall–Kier alpha value is -1.88. The molecular formula is C11H14N4O. The molecule has 0 saturated heterocycles. The number of methoxy groups -OCH3 is 1.